The van der Waals surface area contributed by atoms with Crippen LogP contribution in [0.2, 0.25) is 0 Å². The van der Waals surface area contributed by atoms with E-state index in [9.17, 15) is 0 Å². The average Bonchev–Trinajstić information content (AvgIpc) is 2.39. The second-order valence-electron chi connectivity index (χ2n) is 3.98. The van der Waals surface area contributed by atoms with Crippen molar-refractivity contribution in [1.82, 2.24) is 0 Å². The van der Waals surface area contributed by atoms with Crippen LogP contribution in [-0.4, -0.2) is 10.2 Å². The summed E-state index contributed by atoms with van der Waals surface area (Å²) in [5, 5.41) is 18.3. The van der Waals surface area contributed by atoms with Crippen molar-refractivity contribution < 1.29 is 19.3 Å². The molecule has 4 nitrogen and oxygen atoms in total. The maximum atomic E-state index is 9.14. The van der Waals surface area contributed by atoms with Crippen LogP contribution in [0.1, 0.15) is 0 Å². The van der Waals surface area contributed by atoms with Crippen molar-refractivity contribution >= 4 is 0 Å². The Bertz CT molecular complexity index is 469. The van der Waals surface area contributed by atoms with E-state index >= 15 is 0 Å². The van der Waals surface area contributed by atoms with Gasteiger partial charge in [-0.1, -0.05) is 0 Å². The molecule has 0 atom stereocenters. The molecular formula is C14H16N2O2+2. The van der Waals surface area contributed by atoms with Crippen LogP contribution >= 0.6 is 0 Å². The summed E-state index contributed by atoms with van der Waals surface area (Å²) in [4.78, 5) is 0. The van der Waals surface area contributed by atoms with Gasteiger partial charge >= 0.3 is 0 Å². The van der Waals surface area contributed by atoms with Crippen molar-refractivity contribution in [2.75, 3.05) is 0 Å². The quantitative estimate of drug-likeness (QED) is 0.621. The molecule has 0 fully saturated rings. The highest BCUT2D eigenvalue weighted by Gasteiger charge is 1.98. The van der Waals surface area contributed by atoms with E-state index in [0.717, 1.165) is 13.1 Å². The van der Waals surface area contributed by atoms with Gasteiger partial charge in [-0.05, 0) is 12.2 Å². The number of hydrogen-bond donors (Lipinski definition) is 2. The fraction of sp³-hybridized carbons (Fsp3) is 0.143. The first-order valence-corrected chi connectivity index (χ1v) is 5.75. The Hall–Kier alpha value is -2.36. The maximum Gasteiger partial charge on any atom is 0.172 e. The van der Waals surface area contributed by atoms with Gasteiger partial charge < -0.3 is 10.2 Å². The molecule has 0 aromatic carbocycles. The minimum absolute atomic E-state index is 0.273. The first kappa shape index (κ1) is 12.1. The Kier molecular flexibility index (Phi) is 3.91. The summed E-state index contributed by atoms with van der Waals surface area (Å²) in [6.07, 6.45) is 11.4. The van der Waals surface area contributed by atoms with Gasteiger partial charge in [0.25, 0.3) is 0 Å². The zero-order chi connectivity index (χ0) is 12.8. The largest absolute Gasteiger partial charge is 0.507 e. The highest BCUT2D eigenvalue weighted by molar-refractivity contribution is 5.12. The van der Waals surface area contributed by atoms with Crippen molar-refractivity contribution in [3.63, 3.8) is 0 Å². The molecule has 0 aliphatic carbocycles. The minimum Gasteiger partial charge on any atom is -0.507 e. The summed E-state index contributed by atoms with van der Waals surface area (Å²) >= 11 is 0. The fourth-order valence-corrected chi connectivity index (χ4v) is 1.53. The van der Waals surface area contributed by atoms with Crippen molar-refractivity contribution in [2.45, 2.75) is 13.1 Å². The third-order valence-corrected chi connectivity index (χ3v) is 2.55. The van der Waals surface area contributed by atoms with Crippen LogP contribution in [-0.2, 0) is 13.1 Å². The average molecular weight is 244 g/mol. The number of hydrogen-bond acceptors (Lipinski definition) is 2. The lowest BCUT2D eigenvalue weighted by molar-refractivity contribution is -0.691. The molecule has 0 aliphatic heterocycles. The SMILES string of the molecule is Oc1cc[n+](C/C=C/C[n+]2ccc(O)cc2)cc1. The molecule has 2 aromatic heterocycles. The molecule has 0 radical (unpaired) electrons. The molecule has 0 saturated carbocycles. The normalized spacial score (nSPS) is 10.9. The molecule has 0 aliphatic rings. The highest BCUT2D eigenvalue weighted by Crippen LogP contribution is 2.01. The van der Waals surface area contributed by atoms with Gasteiger partial charge in [-0.3, -0.25) is 0 Å². The lowest BCUT2D eigenvalue weighted by atomic mass is 10.4. The highest BCUT2D eigenvalue weighted by atomic mass is 16.3. The molecule has 4 heteroatoms. The van der Waals surface area contributed by atoms with Crippen molar-refractivity contribution in [3.8, 4) is 11.5 Å². The van der Waals surface area contributed by atoms with E-state index in [2.05, 4.69) is 12.2 Å². The Morgan fingerprint density at radius 2 is 1.06 bits per heavy atom. The molecule has 92 valence electrons. The molecule has 2 heterocycles. The predicted molar refractivity (Wildman–Crippen MR) is 65.7 cm³/mol. The Labute approximate surface area is 106 Å². The molecule has 2 N–H and O–H groups in total. The number of nitrogens with zero attached hydrogens (tertiary/aromatic N) is 2. The summed E-state index contributed by atoms with van der Waals surface area (Å²) in [5.41, 5.74) is 0. The molecule has 0 bridgehead atoms. The summed E-state index contributed by atoms with van der Waals surface area (Å²) in [6.45, 7) is 1.53. The van der Waals surface area contributed by atoms with E-state index in [4.69, 9.17) is 10.2 Å². The zero-order valence-electron chi connectivity index (χ0n) is 9.98. The number of allylic oxidation sites excluding steroid dienone is 2. The van der Waals surface area contributed by atoms with Crippen molar-refractivity contribution in [1.29, 1.82) is 0 Å². The van der Waals surface area contributed by atoms with Gasteiger partial charge in [0.15, 0.2) is 37.9 Å². The van der Waals surface area contributed by atoms with Crippen LogP contribution in [0.4, 0.5) is 0 Å². The molecule has 0 spiro atoms. The van der Waals surface area contributed by atoms with Gasteiger partial charge in [-0.2, -0.15) is 0 Å². The van der Waals surface area contributed by atoms with Gasteiger partial charge in [0.05, 0.1) is 0 Å². The van der Waals surface area contributed by atoms with Crippen molar-refractivity contribution in [3.05, 3.63) is 61.2 Å². The van der Waals surface area contributed by atoms with E-state index in [0.29, 0.717) is 0 Å². The fourth-order valence-electron chi connectivity index (χ4n) is 1.53. The third kappa shape index (κ3) is 3.59. The summed E-state index contributed by atoms with van der Waals surface area (Å²) < 4.78 is 3.94. The molecular weight excluding hydrogens is 228 g/mol. The van der Waals surface area contributed by atoms with Gasteiger partial charge in [0.1, 0.15) is 11.5 Å². The number of pyridine rings is 2. The molecule has 2 aromatic rings. The lowest BCUT2D eigenvalue weighted by Gasteiger charge is -1.93. The second-order valence-corrected chi connectivity index (χ2v) is 3.98. The predicted octanol–water partition coefficient (Wildman–Crippen LogP) is 0.929. The first-order chi connectivity index (χ1) is 8.74. The summed E-state index contributed by atoms with van der Waals surface area (Å²) in [5.74, 6) is 0.546. The van der Waals surface area contributed by atoms with Gasteiger partial charge in [0.2, 0.25) is 0 Å². The Balaban J connectivity index is 1.85. The zero-order valence-corrected chi connectivity index (χ0v) is 9.98. The van der Waals surface area contributed by atoms with Gasteiger partial charge in [-0.15, -0.1) is 0 Å². The third-order valence-electron chi connectivity index (χ3n) is 2.55. The Morgan fingerprint density at radius 3 is 1.39 bits per heavy atom. The molecule has 0 saturated heterocycles. The summed E-state index contributed by atoms with van der Waals surface area (Å²) in [6, 6.07) is 6.62. The minimum atomic E-state index is 0.273. The standard InChI is InChI=1S/C14H14N2O2/c17-13-3-9-15(10-4-13)7-1-2-8-16-11-5-14(18)6-12-16/h1-6,9-12H,7-8H2/p+2/b2-1+. The van der Waals surface area contributed by atoms with Crippen LogP contribution in [0.3, 0.4) is 0 Å². The van der Waals surface area contributed by atoms with Crippen LogP contribution in [0.5, 0.6) is 11.5 Å². The molecule has 18 heavy (non-hydrogen) atoms. The Morgan fingerprint density at radius 1 is 0.722 bits per heavy atom. The second kappa shape index (κ2) is 5.82. The van der Waals surface area contributed by atoms with E-state index in [-0.39, 0.29) is 11.5 Å². The van der Waals surface area contributed by atoms with Gasteiger partial charge in [0, 0.05) is 24.3 Å². The van der Waals surface area contributed by atoms with E-state index in [1.54, 1.807) is 24.3 Å². The van der Waals surface area contributed by atoms with Crippen molar-refractivity contribution in [2.24, 2.45) is 0 Å². The lowest BCUT2D eigenvalue weighted by Crippen LogP contribution is -2.33. The van der Waals surface area contributed by atoms with Crippen LogP contribution in [0.25, 0.3) is 0 Å². The maximum absolute atomic E-state index is 9.14. The molecule has 2 rings (SSSR count). The topological polar surface area (TPSA) is 48.2 Å². The molecule has 0 unspecified atom stereocenters. The number of rotatable bonds is 4. The van der Waals surface area contributed by atoms with Crippen LogP contribution < -0.4 is 9.13 Å². The number of aromatic nitrogens is 2. The van der Waals surface area contributed by atoms with E-state index in [1.165, 1.54) is 0 Å². The summed E-state index contributed by atoms with van der Waals surface area (Å²) in [7, 11) is 0. The van der Waals surface area contributed by atoms with Crippen LogP contribution in [0.15, 0.2) is 61.2 Å². The monoisotopic (exact) mass is 244 g/mol. The van der Waals surface area contributed by atoms with E-state index in [1.807, 2.05) is 33.9 Å². The van der Waals surface area contributed by atoms with Crippen LogP contribution in [0, 0.1) is 0 Å². The number of aromatic hydroxyl groups is 2. The van der Waals surface area contributed by atoms with Gasteiger partial charge in [-0.25, -0.2) is 9.13 Å². The first-order valence-electron chi connectivity index (χ1n) is 5.75. The molecule has 0 amide bonds. The van der Waals surface area contributed by atoms with E-state index < -0.39 is 0 Å². The smallest absolute Gasteiger partial charge is 0.172 e.